The normalized spacial score (nSPS) is 12.8. The zero-order valence-corrected chi connectivity index (χ0v) is 57.2. The van der Waals surface area contributed by atoms with Crippen LogP contribution in [-0.2, 0) is 69.2 Å². The second kappa shape index (κ2) is 23.8. The molecule has 6 aromatic carbocycles. The van der Waals surface area contributed by atoms with E-state index in [0.717, 1.165) is 67.1 Å². The van der Waals surface area contributed by atoms with Gasteiger partial charge in [0.25, 0.3) is 11.5 Å². The molecule has 0 fully saturated rings. The first kappa shape index (κ1) is 67.7. The molecule has 0 atom stereocenters. The minimum atomic E-state index is -0.185. The molecule has 6 aromatic rings. The van der Waals surface area contributed by atoms with Crippen molar-refractivity contribution < 1.29 is 45.5 Å². The van der Waals surface area contributed by atoms with Crippen LogP contribution in [0.2, 0.25) is 0 Å². The maximum Gasteiger partial charge on any atom is 0.262 e. The van der Waals surface area contributed by atoms with Gasteiger partial charge in [0.1, 0.15) is 17.9 Å². The van der Waals surface area contributed by atoms with Gasteiger partial charge in [0.05, 0.1) is 11.1 Å². The number of benzene rings is 6. The van der Waals surface area contributed by atoms with Crippen LogP contribution in [0, 0.1) is 14.9 Å². The molecule has 5 heteroatoms. The van der Waals surface area contributed by atoms with Crippen LogP contribution in [0.3, 0.4) is 0 Å². The molecule has 0 amide bonds. The van der Waals surface area contributed by atoms with E-state index < -0.39 is 0 Å². The Bertz CT molecular complexity index is 2770. The van der Waals surface area contributed by atoms with Crippen molar-refractivity contribution in [2.45, 2.75) is 216 Å². The molecule has 0 aliphatic rings. The van der Waals surface area contributed by atoms with Crippen LogP contribution in [0.15, 0.2) is 97.1 Å². The van der Waals surface area contributed by atoms with Crippen molar-refractivity contribution in [2.24, 2.45) is 0 Å². The minimum absolute atomic E-state index is 0. The van der Waals surface area contributed by atoms with E-state index in [1.807, 2.05) is 0 Å². The zero-order chi connectivity index (χ0) is 56.4. The summed E-state index contributed by atoms with van der Waals surface area (Å²) >= 11 is 0. The first-order valence-corrected chi connectivity index (χ1v) is 27.8. The Kier molecular flexibility index (Phi) is 20.7. The predicted octanol–water partition coefficient (Wildman–Crippen LogP) is 20.6. The fourth-order valence-corrected chi connectivity index (χ4v) is 9.47. The summed E-state index contributed by atoms with van der Waals surface area (Å²) < 4.78 is 10.7. The standard InChI is InChI=1S/C71H96O4.2CH3.Hf/c1-64(2,3)46-26-28-60(56(38-46)58-42-52(70(19,20)21)40-54(62(58)72)44-32-48(66(7,8)9)36-49(33-44)67(10,11)12)74-30-25-31-75-61-29-27-47(65(4,5)6)39-57(61)59-43-53(71(22,23)24)41-55(63(59)73)45-34-50(68(13,14)15)37-51(35-45)69(16,17)18;;;/h26-29,32-43,72-73H,25,30-31H2,1-24H3;2*1H3;/q;2*-1;/p+2. The van der Waals surface area contributed by atoms with Crippen LogP contribution in [0.1, 0.15) is 217 Å². The maximum atomic E-state index is 12.7. The molecule has 0 saturated carbocycles. The van der Waals surface area contributed by atoms with Crippen molar-refractivity contribution in [3.8, 4) is 67.5 Å². The summed E-state index contributed by atoms with van der Waals surface area (Å²) in [5.74, 6) is 2.25. The zero-order valence-electron chi connectivity index (χ0n) is 53.6. The van der Waals surface area contributed by atoms with Crippen molar-refractivity contribution >= 4 is 0 Å². The number of rotatable bonds is 10. The summed E-state index contributed by atoms with van der Waals surface area (Å²) in [6.07, 6.45) is 0.712. The Hall–Kier alpha value is -4.61. The summed E-state index contributed by atoms with van der Waals surface area (Å²) in [6, 6.07) is 35.7. The van der Waals surface area contributed by atoms with E-state index in [0.29, 0.717) is 19.6 Å². The number of aromatic hydroxyl groups is 4. The van der Waals surface area contributed by atoms with Crippen molar-refractivity contribution in [3.05, 3.63) is 156 Å². The summed E-state index contributed by atoms with van der Waals surface area (Å²) in [5.41, 5.74) is 15.9. The molecule has 0 spiro atoms. The van der Waals surface area contributed by atoms with Gasteiger partial charge in [0.2, 0.25) is 0 Å². The van der Waals surface area contributed by atoms with Gasteiger partial charge < -0.3 is 34.5 Å². The molecule has 0 aliphatic carbocycles. The monoisotopic (exact) mass is 1220 g/mol. The molecule has 78 heavy (non-hydrogen) atoms. The average molecular weight is 1220 g/mol. The maximum absolute atomic E-state index is 12.7. The second-order valence-corrected chi connectivity index (χ2v) is 30.0. The van der Waals surface area contributed by atoms with E-state index in [2.05, 4.69) is 263 Å². The molecule has 0 saturated heterocycles. The average Bonchev–Trinajstić information content (AvgIpc) is 3.26. The van der Waals surface area contributed by atoms with Gasteiger partial charge in [0, 0.05) is 60.2 Å². The summed E-state index contributed by atoms with van der Waals surface area (Å²) in [6.45, 7) is 55.2. The van der Waals surface area contributed by atoms with Crippen molar-refractivity contribution in [1.29, 1.82) is 0 Å². The molecule has 0 bridgehead atoms. The topological polar surface area (TPSA) is 66.1 Å². The number of phenols is 2. The Labute approximate surface area is 495 Å². The van der Waals surface area contributed by atoms with Crippen LogP contribution in [0.5, 0.6) is 23.0 Å². The van der Waals surface area contributed by atoms with E-state index in [1.165, 1.54) is 33.4 Å². The molecule has 424 valence electrons. The van der Waals surface area contributed by atoms with E-state index in [1.54, 1.807) is 0 Å². The molecule has 0 heterocycles. The van der Waals surface area contributed by atoms with Gasteiger partial charge in [-0.05, 0) is 147 Å². The van der Waals surface area contributed by atoms with Crippen LogP contribution >= 0.6 is 0 Å². The van der Waals surface area contributed by atoms with Crippen molar-refractivity contribution in [2.75, 3.05) is 13.2 Å². The smallest absolute Gasteiger partial charge is 0.262 e. The molecular formula is C73H104HfO4. The number of ether oxygens (including phenoxy) is 2. The fourth-order valence-electron chi connectivity index (χ4n) is 9.47. The van der Waals surface area contributed by atoms with E-state index in [4.69, 9.17) is 9.47 Å². The van der Waals surface area contributed by atoms with Crippen LogP contribution in [0.4, 0.5) is 0 Å². The first-order valence-electron chi connectivity index (χ1n) is 27.8. The molecular weight excluding hydrogens is 1120 g/mol. The fraction of sp³-hybridized carbons (Fsp3) is 0.479. The molecule has 0 aliphatic heterocycles. The van der Waals surface area contributed by atoms with Gasteiger partial charge >= 0.3 is 0 Å². The van der Waals surface area contributed by atoms with Gasteiger partial charge in [-0.15, -0.1) is 0 Å². The molecule has 4 nitrogen and oxygen atoms in total. The minimum Gasteiger partial charge on any atom is -0.582 e. The Morgan fingerprint density at radius 1 is 0.282 bits per heavy atom. The van der Waals surface area contributed by atoms with E-state index in [9.17, 15) is 10.2 Å². The third-order valence-electron chi connectivity index (χ3n) is 15.1. The number of hydrogen-bond donors (Lipinski definition) is 2. The third-order valence-corrected chi connectivity index (χ3v) is 15.1. The quantitative estimate of drug-likeness (QED) is 0.0621. The molecule has 0 unspecified atom stereocenters. The largest absolute Gasteiger partial charge is 0.582 e. The summed E-state index contributed by atoms with van der Waals surface area (Å²) in [7, 11) is 0. The molecule has 0 aromatic heterocycles. The van der Waals surface area contributed by atoms with Crippen molar-refractivity contribution in [1.82, 2.24) is 0 Å². The van der Waals surface area contributed by atoms with Crippen LogP contribution < -0.4 is 0 Å². The molecule has 4 N–H and O–H groups in total. The second-order valence-electron chi connectivity index (χ2n) is 30.0. The Morgan fingerprint density at radius 2 is 0.500 bits per heavy atom. The van der Waals surface area contributed by atoms with Gasteiger partial charge in [-0.3, -0.25) is 0 Å². The van der Waals surface area contributed by atoms with E-state index in [-0.39, 0.29) is 95.5 Å². The SMILES string of the molecule is CC(C)(C)c1cc(-c2cc(C(C)(C)C)cc(-c3cc(C(C)(C)C)ccc3[OH+]CCC[OH+]c3ccc(C(C)(C)C)cc3-c3cc(C(C)(C)C)cc(-c4cc(C(C)(C)C)cc(C(C)(C)C)c4)c3O)c2O)cc(C(C)(C)C)c1.[CH3-].[CH3-].[Hf]. The number of aliphatic hydroxyl groups is 2. The number of hydrogen-bond acceptors (Lipinski definition) is 2. The van der Waals surface area contributed by atoms with E-state index >= 15 is 0 Å². The Balaban J connectivity index is 0.00000533. The first-order chi connectivity index (χ1) is 34.0. The number of phenolic OH excluding ortho intramolecular Hbond substituents is 2. The van der Waals surface area contributed by atoms with Crippen molar-refractivity contribution in [3.63, 3.8) is 0 Å². The third kappa shape index (κ3) is 15.8. The van der Waals surface area contributed by atoms with Crippen LogP contribution in [-0.4, -0.2) is 32.9 Å². The van der Waals surface area contributed by atoms with Gasteiger partial charge in [0.15, 0.2) is 13.2 Å². The van der Waals surface area contributed by atoms with Gasteiger partial charge in [-0.25, -0.2) is 0 Å². The van der Waals surface area contributed by atoms with Gasteiger partial charge in [-0.1, -0.05) is 203 Å². The molecule has 0 radical (unpaired) electrons. The summed E-state index contributed by atoms with van der Waals surface area (Å²) in [5, 5.41) is 25.4. The predicted molar refractivity (Wildman–Crippen MR) is 338 cm³/mol. The summed E-state index contributed by atoms with van der Waals surface area (Å²) in [4.78, 5) is 0. The Morgan fingerprint density at radius 3 is 0.744 bits per heavy atom. The van der Waals surface area contributed by atoms with Gasteiger partial charge in [-0.2, -0.15) is 0 Å². The van der Waals surface area contributed by atoms with Crippen LogP contribution in [0.25, 0.3) is 44.5 Å². The molecule has 6 rings (SSSR count).